The molecule has 7 heteroatoms. The summed E-state index contributed by atoms with van der Waals surface area (Å²) in [6.45, 7) is 2.93. The maximum absolute atomic E-state index is 12.4. The Kier molecular flexibility index (Phi) is 6.91. The Balaban J connectivity index is 1.31. The van der Waals surface area contributed by atoms with Crippen LogP contribution < -0.4 is 20.5 Å². The monoisotopic (exact) mass is 484 g/mol. The molecule has 3 N–H and O–H groups in total. The molecule has 0 saturated carbocycles. The van der Waals surface area contributed by atoms with E-state index in [1.807, 2.05) is 54.6 Å². The Bertz CT molecular complexity index is 1250. The third kappa shape index (κ3) is 4.93. The molecule has 1 saturated heterocycles. The van der Waals surface area contributed by atoms with Crippen LogP contribution in [-0.2, 0) is 11.4 Å². The lowest BCUT2D eigenvalue weighted by atomic mass is 9.86. The summed E-state index contributed by atoms with van der Waals surface area (Å²) in [7, 11) is 1.67. The standard InChI is InChI=1S/C29H32N4O3/c1-35-22-11-12-27-25(19-22)23(24-9-5-15-31-26(24)20-36-27)10-6-16-33-17-13-29(14-18-33,28(30)34)32-21-7-3-2-4-8-21/h2-5,7-12,15,19,32H,6,13-14,16-18,20H2,1H3,(H2,30,34)/b23-10+. The summed E-state index contributed by atoms with van der Waals surface area (Å²) >= 11 is 0. The number of nitrogens with one attached hydrogen (secondary N) is 1. The fraction of sp³-hybridized carbons (Fsp3) is 0.310. The molecule has 0 unspecified atom stereocenters. The van der Waals surface area contributed by atoms with Crippen molar-refractivity contribution in [2.75, 3.05) is 32.1 Å². The normalized spacial score (nSPS) is 17.9. The molecule has 3 aromatic rings. The van der Waals surface area contributed by atoms with E-state index >= 15 is 0 Å². The summed E-state index contributed by atoms with van der Waals surface area (Å²) in [4.78, 5) is 19.4. The van der Waals surface area contributed by atoms with E-state index in [1.165, 1.54) is 0 Å². The van der Waals surface area contributed by atoms with Gasteiger partial charge in [0, 0.05) is 42.6 Å². The van der Waals surface area contributed by atoms with Gasteiger partial charge in [0.25, 0.3) is 0 Å². The van der Waals surface area contributed by atoms with Crippen LogP contribution in [0, 0.1) is 0 Å². The van der Waals surface area contributed by atoms with Gasteiger partial charge in [-0.1, -0.05) is 30.3 Å². The zero-order valence-corrected chi connectivity index (χ0v) is 20.6. The molecule has 1 aromatic heterocycles. The van der Waals surface area contributed by atoms with Gasteiger partial charge < -0.3 is 25.4 Å². The van der Waals surface area contributed by atoms with E-state index in [2.05, 4.69) is 27.3 Å². The third-order valence-corrected chi connectivity index (χ3v) is 7.15. The highest BCUT2D eigenvalue weighted by atomic mass is 16.5. The number of para-hydroxylation sites is 1. The molecule has 1 fully saturated rings. The van der Waals surface area contributed by atoms with Gasteiger partial charge in [-0.25, -0.2) is 0 Å². The van der Waals surface area contributed by atoms with Crippen molar-refractivity contribution in [3.63, 3.8) is 0 Å². The topological polar surface area (TPSA) is 89.7 Å². The van der Waals surface area contributed by atoms with Crippen molar-refractivity contribution in [1.82, 2.24) is 9.88 Å². The number of primary amides is 1. The number of likely N-dealkylation sites (tertiary alicyclic amines) is 1. The van der Waals surface area contributed by atoms with Crippen LogP contribution in [0.4, 0.5) is 5.69 Å². The Morgan fingerprint density at radius 3 is 2.69 bits per heavy atom. The third-order valence-electron chi connectivity index (χ3n) is 7.15. The van der Waals surface area contributed by atoms with Crippen LogP contribution in [0.15, 0.2) is 72.9 Å². The van der Waals surface area contributed by atoms with E-state index in [0.717, 1.165) is 65.6 Å². The lowest BCUT2D eigenvalue weighted by Gasteiger charge is -2.40. The number of piperidine rings is 1. The van der Waals surface area contributed by atoms with E-state index in [4.69, 9.17) is 15.2 Å². The fourth-order valence-electron chi connectivity index (χ4n) is 5.06. The molecule has 1 amide bonds. The van der Waals surface area contributed by atoms with Crippen molar-refractivity contribution in [2.45, 2.75) is 31.4 Å². The van der Waals surface area contributed by atoms with E-state index in [-0.39, 0.29) is 5.91 Å². The molecular formula is C29H32N4O3. The molecule has 0 bridgehead atoms. The van der Waals surface area contributed by atoms with Crippen LogP contribution in [0.5, 0.6) is 11.5 Å². The largest absolute Gasteiger partial charge is 0.497 e. The average Bonchev–Trinajstić information content (AvgIpc) is 3.07. The summed E-state index contributed by atoms with van der Waals surface area (Å²) in [5.74, 6) is 1.33. The first-order valence-corrected chi connectivity index (χ1v) is 12.4. The number of benzene rings is 2. The fourth-order valence-corrected chi connectivity index (χ4v) is 5.06. The number of amides is 1. The van der Waals surface area contributed by atoms with E-state index < -0.39 is 5.54 Å². The number of carbonyl (C=O) groups is 1. The smallest absolute Gasteiger partial charge is 0.243 e. The number of methoxy groups -OCH3 is 1. The highest BCUT2D eigenvalue weighted by Crippen LogP contribution is 2.38. The molecule has 7 nitrogen and oxygen atoms in total. The quantitative estimate of drug-likeness (QED) is 0.522. The molecular weight excluding hydrogens is 452 g/mol. The van der Waals surface area contributed by atoms with Gasteiger partial charge in [-0.3, -0.25) is 9.78 Å². The molecule has 2 aromatic carbocycles. The highest BCUT2D eigenvalue weighted by molar-refractivity contribution is 5.88. The van der Waals surface area contributed by atoms with Gasteiger partial charge in [0.15, 0.2) is 0 Å². The zero-order valence-electron chi connectivity index (χ0n) is 20.6. The summed E-state index contributed by atoms with van der Waals surface area (Å²) < 4.78 is 11.6. The number of carbonyl (C=O) groups excluding carboxylic acids is 1. The summed E-state index contributed by atoms with van der Waals surface area (Å²) in [6.07, 6.45) is 6.28. The molecule has 5 rings (SSSR count). The predicted octanol–water partition coefficient (Wildman–Crippen LogP) is 4.24. The summed E-state index contributed by atoms with van der Waals surface area (Å²) in [6, 6.07) is 19.8. The second kappa shape index (κ2) is 10.4. The average molecular weight is 485 g/mol. The first-order valence-electron chi connectivity index (χ1n) is 12.4. The predicted molar refractivity (Wildman–Crippen MR) is 141 cm³/mol. The van der Waals surface area contributed by atoms with Gasteiger partial charge in [0.05, 0.1) is 12.8 Å². The minimum atomic E-state index is -0.713. The van der Waals surface area contributed by atoms with E-state index in [0.29, 0.717) is 19.4 Å². The van der Waals surface area contributed by atoms with Gasteiger partial charge in [0.1, 0.15) is 23.6 Å². The van der Waals surface area contributed by atoms with Crippen molar-refractivity contribution in [3.8, 4) is 11.5 Å². The summed E-state index contributed by atoms with van der Waals surface area (Å²) in [5, 5.41) is 3.42. The minimum Gasteiger partial charge on any atom is -0.497 e. The van der Waals surface area contributed by atoms with E-state index in [1.54, 1.807) is 13.3 Å². The van der Waals surface area contributed by atoms with Crippen LogP contribution in [0.3, 0.4) is 0 Å². The van der Waals surface area contributed by atoms with Gasteiger partial charge >= 0.3 is 0 Å². The highest BCUT2D eigenvalue weighted by Gasteiger charge is 2.39. The van der Waals surface area contributed by atoms with Gasteiger partial charge in [0.2, 0.25) is 5.91 Å². The van der Waals surface area contributed by atoms with Crippen molar-refractivity contribution in [3.05, 3.63) is 89.8 Å². The van der Waals surface area contributed by atoms with Gasteiger partial charge in [-0.05, 0) is 61.2 Å². The number of hydrogen-bond donors (Lipinski definition) is 2. The van der Waals surface area contributed by atoms with Crippen LogP contribution in [0.25, 0.3) is 5.57 Å². The first kappa shape index (κ1) is 23.9. The Labute approximate surface area is 211 Å². The number of fused-ring (bicyclic) bond motifs is 2. The maximum Gasteiger partial charge on any atom is 0.243 e. The molecule has 0 radical (unpaired) electrons. The molecule has 186 valence electrons. The number of anilines is 1. The second-order valence-corrected chi connectivity index (χ2v) is 9.33. The van der Waals surface area contributed by atoms with Gasteiger partial charge in [-0.2, -0.15) is 0 Å². The number of aromatic nitrogens is 1. The molecule has 3 heterocycles. The second-order valence-electron chi connectivity index (χ2n) is 9.33. The minimum absolute atomic E-state index is 0.291. The number of pyridine rings is 1. The molecule has 2 aliphatic rings. The number of nitrogens with two attached hydrogens (primary N) is 1. The first-order chi connectivity index (χ1) is 17.6. The maximum atomic E-state index is 12.4. The lowest BCUT2D eigenvalue weighted by molar-refractivity contribution is -0.123. The van der Waals surface area contributed by atoms with Gasteiger partial charge in [-0.15, -0.1) is 0 Å². The van der Waals surface area contributed by atoms with Crippen LogP contribution >= 0.6 is 0 Å². The molecule has 36 heavy (non-hydrogen) atoms. The molecule has 0 spiro atoms. The summed E-state index contributed by atoms with van der Waals surface area (Å²) in [5.41, 5.74) is 10.2. The number of rotatable bonds is 7. The number of nitrogens with zero attached hydrogens (tertiary/aromatic N) is 2. The van der Waals surface area contributed by atoms with Crippen LogP contribution in [-0.4, -0.2) is 48.1 Å². The Hall–Kier alpha value is -3.84. The Morgan fingerprint density at radius 1 is 1.14 bits per heavy atom. The lowest BCUT2D eigenvalue weighted by Crippen LogP contribution is -2.57. The van der Waals surface area contributed by atoms with E-state index in [9.17, 15) is 4.79 Å². The SMILES string of the molecule is COc1ccc2c(c1)/C(=C/CCN1CCC(Nc3ccccc3)(C(N)=O)CC1)c1cccnc1CO2. The Morgan fingerprint density at radius 2 is 1.94 bits per heavy atom. The zero-order chi connectivity index (χ0) is 25.0. The molecule has 0 atom stereocenters. The number of ether oxygens (including phenoxy) is 2. The molecule has 0 aliphatic carbocycles. The van der Waals surface area contributed by atoms with Crippen molar-refractivity contribution in [2.24, 2.45) is 5.73 Å². The number of hydrogen-bond acceptors (Lipinski definition) is 6. The van der Waals surface area contributed by atoms with Crippen molar-refractivity contribution >= 4 is 17.2 Å². The van der Waals surface area contributed by atoms with Crippen LogP contribution in [0.1, 0.15) is 36.1 Å². The van der Waals surface area contributed by atoms with Crippen LogP contribution in [0.2, 0.25) is 0 Å². The van der Waals surface area contributed by atoms with Crippen molar-refractivity contribution < 1.29 is 14.3 Å². The molecule has 2 aliphatic heterocycles. The van der Waals surface area contributed by atoms with Crippen molar-refractivity contribution in [1.29, 1.82) is 0 Å².